The third kappa shape index (κ3) is 4.56. The van der Waals surface area contributed by atoms with Gasteiger partial charge >= 0.3 is 0 Å². The first-order valence-corrected chi connectivity index (χ1v) is 7.80. The smallest absolute Gasteiger partial charge is 0.194 e. The quantitative estimate of drug-likeness (QED) is 0.657. The predicted molar refractivity (Wildman–Crippen MR) is 90.3 cm³/mol. The summed E-state index contributed by atoms with van der Waals surface area (Å²) in [5.41, 5.74) is 1.14. The first-order valence-electron chi connectivity index (χ1n) is 7.42. The number of rotatable bonds is 6. The minimum absolute atomic E-state index is 0.689. The summed E-state index contributed by atoms with van der Waals surface area (Å²) < 4.78 is 7.36. The molecule has 0 saturated heterocycles. The molecule has 0 aliphatic carbocycles. The van der Waals surface area contributed by atoms with E-state index in [1.54, 1.807) is 6.26 Å². The molecule has 0 aliphatic heterocycles. The van der Waals surface area contributed by atoms with Crippen LogP contribution in [0.2, 0.25) is 5.02 Å². The van der Waals surface area contributed by atoms with Gasteiger partial charge in [-0.3, -0.25) is 4.99 Å². The first-order chi connectivity index (χ1) is 10.6. The van der Waals surface area contributed by atoms with Gasteiger partial charge in [-0.05, 0) is 25.1 Å². The number of furan rings is 1. The van der Waals surface area contributed by atoms with E-state index < -0.39 is 0 Å². The zero-order chi connectivity index (χ0) is 15.9. The van der Waals surface area contributed by atoms with E-state index in [-0.39, 0.29) is 0 Å². The molecule has 0 aliphatic rings. The maximum atomic E-state index is 6.03. The van der Waals surface area contributed by atoms with Gasteiger partial charge in [0.15, 0.2) is 5.96 Å². The molecule has 1 N–H and O–H groups in total. The van der Waals surface area contributed by atoms with Crippen molar-refractivity contribution in [2.75, 3.05) is 20.1 Å². The average molecular weight is 323 g/mol. The van der Waals surface area contributed by atoms with Crippen LogP contribution >= 0.6 is 11.6 Å². The molecule has 2 aromatic rings. The van der Waals surface area contributed by atoms with Gasteiger partial charge in [-0.2, -0.15) is 0 Å². The minimum atomic E-state index is 0.689. The third-order valence-corrected chi connectivity index (χ3v) is 3.58. The minimum Gasteiger partial charge on any atom is -0.469 e. The van der Waals surface area contributed by atoms with Crippen LogP contribution in [0.25, 0.3) is 0 Å². The molecule has 0 bridgehead atoms. The molecule has 0 amide bonds. The molecule has 0 aromatic carbocycles. The molecule has 2 heterocycles. The van der Waals surface area contributed by atoms with E-state index in [0.29, 0.717) is 6.54 Å². The molecule has 0 unspecified atom stereocenters. The second kappa shape index (κ2) is 7.94. The standard InChI is InChI=1S/C16H23ClN4O/c1-4-18-16(19-8-7-15-6-5-9-22-15)21(3)12-14-10-13(17)11-20(14)2/h5-6,9-11H,4,7-8,12H2,1-3H3,(H,18,19). The maximum absolute atomic E-state index is 6.03. The highest BCUT2D eigenvalue weighted by atomic mass is 35.5. The normalized spacial score (nSPS) is 11.7. The predicted octanol–water partition coefficient (Wildman–Crippen LogP) is 2.91. The molecule has 5 nitrogen and oxygen atoms in total. The van der Waals surface area contributed by atoms with Crippen LogP contribution in [0, 0.1) is 0 Å². The van der Waals surface area contributed by atoms with Gasteiger partial charge in [0.2, 0.25) is 0 Å². The van der Waals surface area contributed by atoms with Crippen molar-refractivity contribution in [3.05, 3.63) is 47.1 Å². The van der Waals surface area contributed by atoms with Crippen LogP contribution in [0.1, 0.15) is 18.4 Å². The SMILES string of the molecule is CCNC(=NCCc1ccco1)N(C)Cc1cc(Cl)cn1C. The number of aromatic nitrogens is 1. The number of halogens is 1. The van der Waals surface area contributed by atoms with Crippen LogP contribution < -0.4 is 5.32 Å². The second-order valence-electron chi connectivity index (χ2n) is 5.18. The molecular weight excluding hydrogens is 300 g/mol. The molecule has 6 heteroatoms. The summed E-state index contributed by atoms with van der Waals surface area (Å²) in [5.74, 6) is 1.84. The zero-order valence-corrected chi connectivity index (χ0v) is 14.1. The molecule has 22 heavy (non-hydrogen) atoms. The zero-order valence-electron chi connectivity index (χ0n) is 13.3. The van der Waals surface area contributed by atoms with Crippen molar-refractivity contribution in [3.8, 4) is 0 Å². The lowest BCUT2D eigenvalue weighted by Crippen LogP contribution is -2.39. The molecule has 0 spiro atoms. The van der Waals surface area contributed by atoms with Gasteiger partial charge in [-0.15, -0.1) is 0 Å². The molecule has 0 atom stereocenters. The van der Waals surface area contributed by atoms with Crippen LogP contribution in [0.3, 0.4) is 0 Å². The number of hydrogen-bond donors (Lipinski definition) is 1. The third-order valence-electron chi connectivity index (χ3n) is 3.37. The topological polar surface area (TPSA) is 45.7 Å². The van der Waals surface area contributed by atoms with E-state index in [1.807, 2.05) is 43.1 Å². The summed E-state index contributed by atoms with van der Waals surface area (Å²) in [6, 6.07) is 5.85. The highest BCUT2D eigenvalue weighted by Crippen LogP contribution is 2.14. The lowest BCUT2D eigenvalue weighted by Gasteiger charge is -2.22. The van der Waals surface area contributed by atoms with Crippen molar-refractivity contribution in [2.24, 2.45) is 12.0 Å². The Labute approximate surface area is 136 Å². The van der Waals surface area contributed by atoms with E-state index in [2.05, 4.69) is 22.1 Å². The summed E-state index contributed by atoms with van der Waals surface area (Å²) >= 11 is 6.03. The Morgan fingerprint density at radius 2 is 2.32 bits per heavy atom. The Kier molecular flexibility index (Phi) is 5.95. The molecule has 0 saturated carbocycles. The summed E-state index contributed by atoms with van der Waals surface area (Å²) in [4.78, 5) is 6.74. The highest BCUT2D eigenvalue weighted by Gasteiger charge is 2.09. The fourth-order valence-electron chi connectivity index (χ4n) is 2.24. The van der Waals surface area contributed by atoms with Gasteiger partial charge in [-0.1, -0.05) is 11.6 Å². The van der Waals surface area contributed by atoms with Gasteiger partial charge in [0.25, 0.3) is 0 Å². The summed E-state index contributed by atoms with van der Waals surface area (Å²) in [7, 11) is 4.02. The van der Waals surface area contributed by atoms with Gasteiger partial charge in [-0.25, -0.2) is 0 Å². The van der Waals surface area contributed by atoms with E-state index in [1.165, 1.54) is 0 Å². The van der Waals surface area contributed by atoms with Crippen LogP contribution in [0.4, 0.5) is 0 Å². The second-order valence-corrected chi connectivity index (χ2v) is 5.62. The Balaban J connectivity index is 1.97. The highest BCUT2D eigenvalue weighted by molar-refractivity contribution is 6.30. The fraction of sp³-hybridized carbons (Fsp3) is 0.438. The van der Waals surface area contributed by atoms with Crippen molar-refractivity contribution < 1.29 is 4.42 Å². The van der Waals surface area contributed by atoms with E-state index in [4.69, 9.17) is 16.0 Å². The number of nitrogens with zero attached hydrogens (tertiary/aromatic N) is 3. The Morgan fingerprint density at radius 1 is 1.50 bits per heavy atom. The molecule has 0 radical (unpaired) electrons. The molecule has 120 valence electrons. The number of nitrogens with one attached hydrogen (secondary N) is 1. The monoisotopic (exact) mass is 322 g/mol. The number of hydrogen-bond acceptors (Lipinski definition) is 2. The van der Waals surface area contributed by atoms with Gasteiger partial charge < -0.3 is 19.2 Å². The van der Waals surface area contributed by atoms with E-state index in [9.17, 15) is 0 Å². The number of guanidine groups is 1. The first kappa shape index (κ1) is 16.5. The van der Waals surface area contributed by atoms with Crippen molar-refractivity contribution in [3.63, 3.8) is 0 Å². The van der Waals surface area contributed by atoms with Crippen molar-refractivity contribution in [2.45, 2.75) is 19.9 Å². The Hall–Kier alpha value is -1.88. The summed E-state index contributed by atoms with van der Waals surface area (Å²) in [6.45, 7) is 4.33. The van der Waals surface area contributed by atoms with Gasteiger partial charge in [0, 0.05) is 45.5 Å². The largest absolute Gasteiger partial charge is 0.469 e. The Bertz CT molecular complexity index is 604. The number of aryl methyl sites for hydroxylation is 1. The van der Waals surface area contributed by atoms with Crippen LogP contribution in [-0.4, -0.2) is 35.6 Å². The lowest BCUT2D eigenvalue weighted by molar-refractivity contribution is 0.460. The van der Waals surface area contributed by atoms with Crippen LogP contribution in [0.15, 0.2) is 40.1 Å². The number of aliphatic imine (C=N–C) groups is 1. The average Bonchev–Trinajstić information content (AvgIpc) is 3.08. The van der Waals surface area contributed by atoms with E-state index in [0.717, 1.165) is 41.9 Å². The maximum Gasteiger partial charge on any atom is 0.194 e. The fourth-order valence-corrected chi connectivity index (χ4v) is 2.51. The van der Waals surface area contributed by atoms with Gasteiger partial charge in [0.1, 0.15) is 5.76 Å². The van der Waals surface area contributed by atoms with Crippen LogP contribution in [0.5, 0.6) is 0 Å². The van der Waals surface area contributed by atoms with E-state index >= 15 is 0 Å². The van der Waals surface area contributed by atoms with Crippen molar-refractivity contribution >= 4 is 17.6 Å². The molecular formula is C16H23ClN4O. The van der Waals surface area contributed by atoms with Crippen molar-refractivity contribution in [1.29, 1.82) is 0 Å². The molecule has 2 rings (SSSR count). The van der Waals surface area contributed by atoms with Crippen LogP contribution in [-0.2, 0) is 20.0 Å². The van der Waals surface area contributed by atoms with Crippen molar-refractivity contribution in [1.82, 2.24) is 14.8 Å². The Morgan fingerprint density at radius 3 is 2.91 bits per heavy atom. The lowest BCUT2D eigenvalue weighted by atomic mass is 10.3. The summed E-state index contributed by atoms with van der Waals surface area (Å²) in [5, 5.41) is 4.07. The van der Waals surface area contributed by atoms with Gasteiger partial charge in [0.05, 0.1) is 17.8 Å². The summed E-state index contributed by atoms with van der Waals surface area (Å²) in [6.07, 6.45) is 4.40. The molecule has 0 fully saturated rings. The molecule has 2 aromatic heterocycles.